The number of terminal acetylenes is 1. The Morgan fingerprint density at radius 2 is 1.96 bits per heavy atom. The molecule has 3 nitrogen and oxygen atoms in total. The Morgan fingerprint density at radius 3 is 2.54 bits per heavy atom. The number of nitriles is 1. The average molecular weight is 358 g/mol. The summed E-state index contributed by atoms with van der Waals surface area (Å²) >= 11 is 12.1. The first kappa shape index (κ1) is 17.8. The van der Waals surface area contributed by atoms with Gasteiger partial charge in [-0.15, -0.1) is 6.42 Å². The molecule has 0 aromatic heterocycles. The van der Waals surface area contributed by atoms with E-state index >= 15 is 0 Å². The van der Waals surface area contributed by atoms with Gasteiger partial charge < -0.3 is 9.47 Å². The van der Waals surface area contributed by atoms with Crippen LogP contribution >= 0.6 is 23.2 Å². The number of hydrogen-bond acceptors (Lipinski definition) is 3. The predicted octanol–water partition coefficient (Wildman–Crippen LogP) is 5.08. The predicted molar refractivity (Wildman–Crippen MR) is 97.3 cm³/mol. The summed E-state index contributed by atoms with van der Waals surface area (Å²) in [6, 6.07) is 12.6. The first-order chi connectivity index (χ1) is 11.6. The van der Waals surface area contributed by atoms with E-state index in [1.807, 2.05) is 0 Å². The lowest BCUT2D eigenvalue weighted by molar-refractivity contribution is 0.331. The van der Waals surface area contributed by atoms with Crippen molar-refractivity contribution >= 4 is 34.9 Å². The second-order valence-corrected chi connectivity index (χ2v) is 5.55. The van der Waals surface area contributed by atoms with Crippen molar-refractivity contribution in [2.45, 2.75) is 0 Å². The van der Waals surface area contributed by atoms with Gasteiger partial charge in [-0.25, -0.2) is 0 Å². The minimum atomic E-state index is 0.0828. The second-order valence-electron chi connectivity index (χ2n) is 4.70. The van der Waals surface area contributed by atoms with Crippen LogP contribution in [0.15, 0.2) is 36.4 Å². The lowest BCUT2D eigenvalue weighted by Crippen LogP contribution is -1.98. The van der Waals surface area contributed by atoms with E-state index in [-0.39, 0.29) is 6.61 Å². The summed E-state index contributed by atoms with van der Waals surface area (Å²) in [5.41, 5.74) is 1.93. The Bertz CT molecular complexity index is 843. The number of methoxy groups -OCH3 is 1. The van der Waals surface area contributed by atoms with Crippen LogP contribution in [0.3, 0.4) is 0 Å². The largest absolute Gasteiger partial charge is 0.493 e. The van der Waals surface area contributed by atoms with Crippen LogP contribution in [0.1, 0.15) is 11.1 Å². The standard InChI is InChI=1S/C19H13Cl2NO2/c1-3-8-24-19-17(21)10-13(11-18(19)23-2)9-15(12-22)14-4-6-16(20)7-5-14/h1,4-7,9-11H,8H2,2H3. The van der Waals surface area contributed by atoms with Crippen molar-refractivity contribution in [2.24, 2.45) is 0 Å². The lowest BCUT2D eigenvalue weighted by atomic mass is 10.0. The molecule has 0 radical (unpaired) electrons. The van der Waals surface area contributed by atoms with Gasteiger partial charge in [0.2, 0.25) is 0 Å². The molecule has 120 valence electrons. The molecule has 5 heteroatoms. The van der Waals surface area contributed by atoms with E-state index in [1.54, 1.807) is 42.5 Å². The monoisotopic (exact) mass is 357 g/mol. The van der Waals surface area contributed by atoms with E-state index in [0.717, 1.165) is 5.56 Å². The Labute approximate surface area is 151 Å². The maximum Gasteiger partial charge on any atom is 0.181 e. The molecule has 0 atom stereocenters. The lowest BCUT2D eigenvalue weighted by Gasteiger charge is -2.12. The molecule has 2 rings (SSSR count). The first-order valence-corrected chi connectivity index (χ1v) is 7.66. The summed E-state index contributed by atoms with van der Waals surface area (Å²) in [6.07, 6.45) is 6.90. The van der Waals surface area contributed by atoms with Gasteiger partial charge in [0.05, 0.1) is 23.8 Å². The summed E-state index contributed by atoms with van der Waals surface area (Å²) in [7, 11) is 1.51. The van der Waals surface area contributed by atoms with Crippen LogP contribution in [0.4, 0.5) is 0 Å². The van der Waals surface area contributed by atoms with E-state index in [9.17, 15) is 5.26 Å². The van der Waals surface area contributed by atoms with Gasteiger partial charge in [-0.3, -0.25) is 0 Å². The topological polar surface area (TPSA) is 42.2 Å². The summed E-state index contributed by atoms with van der Waals surface area (Å²) < 4.78 is 10.7. The van der Waals surface area contributed by atoms with E-state index in [0.29, 0.717) is 32.7 Å². The molecular formula is C19H13Cl2NO2. The Balaban J connectivity index is 2.44. The second kappa shape index (κ2) is 8.31. The molecule has 0 N–H and O–H groups in total. The van der Waals surface area contributed by atoms with E-state index < -0.39 is 0 Å². The molecular weight excluding hydrogens is 345 g/mol. The molecule has 0 heterocycles. The van der Waals surface area contributed by atoms with Gasteiger partial charge in [0.1, 0.15) is 6.61 Å². The third-order valence-corrected chi connectivity index (χ3v) is 3.67. The van der Waals surface area contributed by atoms with Crippen LogP contribution in [-0.2, 0) is 0 Å². The van der Waals surface area contributed by atoms with Crippen molar-refractivity contribution in [3.8, 4) is 29.9 Å². The Kier molecular flexibility index (Phi) is 6.15. The third-order valence-electron chi connectivity index (χ3n) is 3.14. The fraction of sp³-hybridized carbons (Fsp3) is 0.105. The molecule has 0 aliphatic rings. The number of allylic oxidation sites excluding steroid dienone is 1. The van der Waals surface area contributed by atoms with Gasteiger partial charge >= 0.3 is 0 Å². The molecule has 0 saturated heterocycles. The first-order valence-electron chi connectivity index (χ1n) is 6.90. The van der Waals surface area contributed by atoms with E-state index in [4.69, 9.17) is 39.1 Å². The van der Waals surface area contributed by atoms with Crippen molar-refractivity contribution in [2.75, 3.05) is 13.7 Å². The molecule has 2 aromatic carbocycles. The zero-order valence-electron chi connectivity index (χ0n) is 12.8. The molecule has 24 heavy (non-hydrogen) atoms. The maximum absolute atomic E-state index is 9.41. The highest BCUT2D eigenvalue weighted by molar-refractivity contribution is 6.32. The molecule has 0 aliphatic heterocycles. The van der Waals surface area contributed by atoms with Crippen molar-refractivity contribution in [3.05, 3.63) is 57.6 Å². The summed E-state index contributed by atoms with van der Waals surface area (Å²) in [5.74, 6) is 3.19. The highest BCUT2D eigenvalue weighted by Gasteiger charge is 2.12. The minimum Gasteiger partial charge on any atom is -0.493 e. The van der Waals surface area contributed by atoms with Crippen molar-refractivity contribution in [1.29, 1.82) is 5.26 Å². The fourth-order valence-corrected chi connectivity index (χ4v) is 2.45. The minimum absolute atomic E-state index is 0.0828. The quantitative estimate of drug-likeness (QED) is 0.425. The van der Waals surface area contributed by atoms with Crippen LogP contribution in [0.2, 0.25) is 10.0 Å². The molecule has 0 aliphatic carbocycles. The van der Waals surface area contributed by atoms with Crippen molar-refractivity contribution < 1.29 is 9.47 Å². The maximum atomic E-state index is 9.41. The highest BCUT2D eigenvalue weighted by atomic mass is 35.5. The van der Waals surface area contributed by atoms with Gasteiger partial charge in [0, 0.05) is 5.02 Å². The molecule has 0 saturated carbocycles. The molecule has 0 spiro atoms. The number of nitrogens with zero attached hydrogens (tertiary/aromatic N) is 1. The Morgan fingerprint density at radius 1 is 1.25 bits per heavy atom. The zero-order chi connectivity index (χ0) is 17.5. The average Bonchev–Trinajstić information content (AvgIpc) is 2.59. The van der Waals surface area contributed by atoms with Gasteiger partial charge in [0.25, 0.3) is 0 Å². The zero-order valence-corrected chi connectivity index (χ0v) is 14.4. The molecule has 0 fully saturated rings. The summed E-state index contributed by atoms with van der Waals surface area (Å²) in [4.78, 5) is 0. The van der Waals surface area contributed by atoms with Crippen molar-refractivity contribution in [1.82, 2.24) is 0 Å². The summed E-state index contributed by atoms with van der Waals surface area (Å²) in [6.45, 7) is 0.0828. The summed E-state index contributed by atoms with van der Waals surface area (Å²) in [5, 5.41) is 10.4. The third kappa shape index (κ3) is 4.24. The number of ether oxygens (including phenoxy) is 2. The van der Waals surface area contributed by atoms with Gasteiger partial charge in [-0.1, -0.05) is 41.3 Å². The SMILES string of the molecule is C#CCOc1c(Cl)cc(C=C(C#N)c2ccc(Cl)cc2)cc1OC. The van der Waals surface area contributed by atoms with Crippen LogP contribution in [0.25, 0.3) is 11.6 Å². The van der Waals surface area contributed by atoms with Gasteiger partial charge in [-0.05, 0) is 41.5 Å². The normalized spacial score (nSPS) is 10.6. The van der Waals surface area contributed by atoms with Crippen LogP contribution in [0.5, 0.6) is 11.5 Å². The molecule has 0 amide bonds. The van der Waals surface area contributed by atoms with E-state index in [1.165, 1.54) is 7.11 Å². The van der Waals surface area contributed by atoms with Crippen molar-refractivity contribution in [3.63, 3.8) is 0 Å². The van der Waals surface area contributed by atoms with Gasteiger partial charge in [0.15, 0.2) is 11.5 Å². The van der Waals surface area contributed by atoms with Crippen LogP contribution in [-0.4, -0.2) is 13.7 Å². The Hall–Kier alpha value is -2.59. The highest BCUT2D eigenvalue weighted by Crippen LogP contribution is 2.37. The molecule has 2 aromatic rings. The number of rotatable bonds is 5. The number of halogens is 2. The van der Waals surface area contributed by atoms with Crippen LogP contribution < -0.4 is 9.47 Å². The van der Waals surface area contributed by atoms with E-state index in [2.05, 4.69) is 12.0 Å². The smallest absolute Gasteiger partial charge is 0.181 e. The molecule has 0 unspecified atom stereocenters. The van der Waals surface area contributed by atoms with Crippen LogP contribution in [0, 0.1) is 23.7 Å². The number of hydrogen-bond donors (Lipinski definition) is 0. The molecule has 0 bridgehead atoms. The fourth-order valence-electron chi connectivity index (χ4n) is 2.05. The van der Waals surface area contributed by atoms with Gasteiger partial charge in [-0.2, -0.15) is 5.26 Å². The number of benzene rings is 2.